The van der Waals surface area contributed by atoms with E-state index < -0.39 is 0 Å². The molecule has 0 N–H and O–H groups in total. The number of aryl methyl sites for hydroxylation is 2. The number of nitrogens with zero attached hydrogens (tertiary/aromatic N) is 3. The Morgan fingerprint density at radius 2 is 2.04 bits per heavy atom. The summed E-state index contributed by atoms with van der Waals surface area (Å²) in [6, 6.07) is 2.55. The van der Waals surface area contributed by atoms with Crippen molar-refractivity contribution < 1.29 is 4.79 Å². The van der Waals surface area contributed by atoms with E-state index in [0.29, 0.717) is 12.5 Å². The first kappa shape index (κ1) is 17.4. The van der Waals surface area contributed by atoms with Crippen LogP contribution >= 0.6 is 23.1 Å². The van der Waals surface area contributed by atoms with Crippen LogP contribution in [0.1, 0.15) is 41.8 Å². The van der Waals surface area contributed by atoms with E-state index in [9.17, 15) is 4.79 Å². The third-order valence-electron chi connectivity index (χ3n) is 4.41. The maximum atomic E-state index is 12.8. The summed E-state index contributed by atoms with van der Waals surface area (Å²) in [4.78, 5) is 23.8. The Bertz CT molecular complexity index is 688. The van der Waals surface area contributed by atoms with Gasteiger partial charge in [-0.25, -0.2) is 9.97 Å². The highest BCUT2D eigenvalue weighted by Gasteiger charge is 2.32. The molecule has 2 aromatic heterocycles. The Balaban J connectivity index is 1.65. The van der Waals surface area contributed by atoms with Gasteiger partial charge in [0, 0.05) is 30.4 Å². The van der Waals surface area contributed by atoms with Gasteiger partial charge in [0.05, 0.1) is 0 Å². The van der Waals surface area contributed by atoms with E-state index in [1.165, 1.54) is 5.56 Å². The average Bonchev–Trinajstić information content (AvgIpc) is 3.27. The summed E-state index contributed by atoms with van der Waals surface area (Å²) in [7, 11) is 0. The van der Waals surface area contributed by atoms with Crippen LogP contribution in [0.3, 0.4) is 0 Å². The van der Waals surface area contributed by atoms with Gasteiger partial charge in [0.1, 0.15) is 0 Å². The fourth-order valence-corrected chi connectivity index (χ4v) is 4.04. The molecule has 6 heteroatoms. The van der Waals surface area contributed by atoms with Gasteiger partial charge in [-0.2, -0.15) is 11.3 Å². The molecule has 24 heavy (non-hydrogen) atoms. The first-order valence-electron chi connectivity index (χ1n) is 8.27. The quantitative estimate of drug-likeness (QED) is 0.552. The third kappa shape index (κ3) is 4.16. The molecule has 1 aliphatic carbocycles. The predicted molar refractivity (Wildman–Crippen MR) is 99.5 cm³/mol. The van der Waals surface area contributed by atoms with Crippen molar-refractivity contribution in [2.75, 3.05) is 6.26 Å². The third-order valence-corrected chi connectivity index (χ3v) is 5.69. The van der Waals surface area contributed by atoms with Crippen molar-refractivity contribution >= 4 is 29.0 Å². The second-order valence-corrected chi connectivity index (χ2v) is 7.80. The van der Waals surface area contributed by atoms with Crippen LogP contribution in [0.4, 0.5) is 0 Å². The minimum absolute atomic E-state index is 0.247. The molecule has 1 saturated carbocycles. The van der Waals surface area contributed by atoms with Crippen molar-refractivity contribution in [3.05, 3.63) is 39.3 Å². The molecule has 0 aromatic carbocycles. The lowest BCUT2D eigenvalue weighted by atomic mass is 10.1. The van der Waals surface area contributed by atoms with Crippen LogP contribution in [-0.4, -0.2) is 33.1 Å². The number of hydrogen-bond acceptors (Lipinski definition) is 5. The number of carbonyl (C=O) groups excluding carboxylic acids is 1. The number of aromatic nitrogens is 2. The van der Waals surface area contributed by atoms with E-state index in [4.69, 9.17) is 0 Å². The number of amides is 1. The van der Waals surface area contributed by atoms with Gasteiger partial charge in [0.25, 0.3) is 0 Å². The summed E-state index contributed by atoms with van der Waals surface area (Å²) in [5.74, 6) is 0.247. The summed E-state index contributed by atoms with van der Waals surface area (Å²) in [5, 5.41) is 5.01. The second kappa shape index (κ2) is 7.66. The second-order valence-electron chi connectivity index (χ2n) is 6.24. The Kier molecular flexibility index (Phi) is 5.56. The van der Waals surface area contributed by atoms with Gasteiger partial charge in [-0.1, -0.05) is 11.8 Å². The monoisotopic (exact) mass is 361 g/mol. The van der Waals surface area contributed by atoms with Crippen LogP contribution in [0.5, 0.6) is 0 Å². The lowest BCUT2D eigenvalue weighted by Crippen LogP contribution is -2.32. The van der Waals surface area contributed by atoms with E-state index in [-0.39, 0.29) is 5.91 Å². The standard InChI is InChI=1S/C18H23N3OS2/c1-12-16(13(2)20-18(19-12)23-3)6-7-17(22)21(15-4-5-15)10-14-8-9-24-11-14/h8-9,11,15H,4-7,10H2,1-3H3. The molecular weight excluding hydrogens is 338 g/mol. The molecule has 2 aromatic rings. The molecule has 1 aliphatic rings. The van der Waals surface area contributed by atoms with Crippen LogP contribution in [0.15, 0.2) is 22.0 Å². The van der Waals surface area contributed by atoms with E-state index in [1.54, 1.807) is 23.1 Å². The van der Waals surface area contributed by atoms with E-state index >= 15 is 0 Å². The molecule has 0 bridgehead atoms. The van der Waals surface area contributed by atoms with Gasteiger partial charge in [-0.3, -0.25) is 4.79 Å². The van der Waals surface area contributed by atoms with Gasteiger partial charge in [0.15, 0.2) is 5.16 Å². The van der Waals surface area contributed by atoms with Gasteiger partial charge in [-0.05, 0) is 67.3 Å². The number of thioether (sulfide) groups is 1. The molecule has 0 aliphatic heterocycles. The molecule has 0 unspecified atom stereocenters. The zero-order chi connectivity index (χ0) is 17.1. The Labute approximate surface area is 151 Å². The predicted octanol–water partition coefficient (Wildman–Crippen LogP) is 4.00. The summed E-state index contributed by atoms with van der Waals surface area (Å²) in [6.45, 7) is 4.77. The maximum absolute atomic E-state index is 12.8. The molecule has 4 nitrogen and oxygen atoms in total. The summed E-state index contributed by atoms with van der Waals surface area (Å²) < 4.78 is 0. The van der Waals surface area contributed by atoms with Crippen molar-refractivity contribution in [1.29, 1.82) is 0 Å². The summed E-state index contributed by atoms with van der Waals surface area (Å²) in [5.41, 5.74) is 4.35. The van der Waals surface area contributed by atoms with Crippen molar-refractivity contribution in [1.82, 2.24) is 14.9 Å². The Morgan fingerprint density at radius 3 is 2.58 bits per heavy atom. The lowest BCUT2D eigenvalue weighted by molar-refractivity contribution is -0.132. The van der Waals surface area contributed by atoms with Crippen LogP contribution in [0, 0.1) is 13.8 Å². The average molecular weight is 362 g/mol. The molecule has 128 valence electrons. The van der Waals surface area contributed by atoms with Gasteiger partial charge in [0.2, 0.25) is 5.91 Å². The van der Waals surface area contributed by atoms with Crippen LogP contribution < -0.4 is 0 Å². The summed E-state index contributed by atoms with van der Waals surface area (Å²) >= 11 is 3.24. The molecule has 0 atom stereocenters. The molecule has 1 amide bonds. The largest absolute Gasteiger partial charge is 0.335 e. The molecule has 3 rings (SSSR count). The number of carbonyl (C=O) groups is 1. The van der Waals surface area contributed by atoms with Crippen molar-refractivity contribution in [2.24, 2.45) is 0 Å². The van der Waals surface area contributed by atoms with Gasteiger partial charge < -0.3 is 4.90 Å². The SMILES string of the molecule is CSc1nc(C)c(CCC(=O)N(Cc2ccsc2)C2CC2)c(C)n1. The minimum atomic E-state index is 0.247. The van der Waals surface area contributed by atoms with Crippen molar-refractivity contribution in [3.63, 3.8) is 0 Å². The van der Waals surface area contributed by atoms with Crippen LogP contribution in [0.25, 0.3) is 0 Å². The van der Waals surface area contributed by atoms with Crippen LogP contribution in [-0.2, 0) is 17.8 Å². The zero-order valence-corrected chi connectivity index (χ0v) is 16.0. The van der Waals surface area contributed by atoms with E-state index in [0.717, 1.165) is 47.9 Å². The smallest absolute Gasteiger partial charge is 0.223 e. The van der Waals surface area contributed by atoms with Crippen molar-refractivity contribution in [3.8, 4) is 0 Å². The molecule has 0 spiro atoms. The molecule has 0 saturated heterocycles. The van der Waals surface area contributed by atoms with E-state index in [1.807, 2.05) is 20.1 Å². The fourth-order valence-electron chi connectivity index (χ4n) is 2.92. The minimum Gasteiger partial charge on any atom is -0.335 e. The number of thiophene rings is 1. The highest BCUT2D eigenvalue weighted by atomic mass is 32.2. The van der Waals surface area contributed by atoms with Gasteiger partial charge >= 0.3 is 0 Å². The van der Waals surface area contributed by atoms with E-state index in [2.05, 4.69) is 31.7 Å². The first-order chi connectivity index (χ1) is 11.6. The lowest BCUT2D eigenvalue weighted by Gasteiger charge is -2.22. The first-order valence-corrected chi connectivity index (χ1v) is 10.4. The highest BCUT2D eigenvalue weighted by Crippen LogP contribution is 2.30. The molecule has 0 radical (unpaired) electrons. The summed E-state index contributed by atoms with van der Waals surface area (Å²) in [6.07, 6.45) is 5.51. The molecule has 1 fully saturated rings. The topological polar surface area (TPSA) is 46.1 Å². The number of rotatable bonds is 7. The van der Waals surface area contributed by atoms with Crippen molar-refractivity contribution in [2.45, 2.75) is 57.3 Å². The normalized spacial score (nSPS) is 14.0. The number of hydrogen-bond donors (Lipinski definition) is 0. The molecular formula is C18H23N3OS2. The molecule has 2 heterocycles. The Morgan fingerprint density at radius 1 is 1.33 bits per heavy atom. The highest BCUT2D eigenvalue weighted by molar-refractivity contribution is 7.98. The zero-order valence-electron chi connectivity index (χ0n) is 14.4. The fraction of sp³-hybridized carbons (Fsp3) is 0.500. The maximum Gasteiger partial charge on any atom is 0.223 e. The van der Waals surface area contributed by atoms with Gasteiger partial charge in [-0.15, -0.1) is 0 Å². The van der Waals surface area contributed by atoms with Crippen LogP contribution in [0.2, 0.25) is 0 Å². The Hall–Kier alpha value is -1.40.